The normalized spacial score (nSPS) is 15.8. The van der Waals surface area contributed by atoms with Gasteiger partial charge in [-0.25, -0.2) is 4.39 Å². The second-order valence-electron chi connectivity index (χ2n) is 6.72. The van der Waals surface area contributed by atoms with Gasteiger partial charge in [-0.2, -0.15) is 0 Å². The van der Waals surface area contributed by atoms with Crippen LogP contribution >= 0.6 is 11.6 Å². The highest BCUT2D eigenvalue weighted by Crippen LogP contribution is 2.22. The molecule has 1 fully saturated rings. The van der Waals surface area contributed by atoms with Crippen LogP contribution in [0.5, 0.6) is 5.75 Å². The Morgan fingerprint density at radius 1 is 1.25 bits per heavy atom. The van der Waals surface area contributed by atoms with Gasteiger partial charge in [0, 0.05) is 24.7 Å². The lowest BCUT2D eigenvalue weighted by Crippen LogP contribution is -2.44. The van der Waals surface area contributed by atoms with Crippen molar-refractivity contribution in [2.24, 2.45) is 0 Å². The number of nitrogens with zero attached hydrogens (tertiary/aromatic N) is 1. The van der Waals surface area contributed by atoms with Crippen molar-refractivity contribution in [2.45, 2.75) is 13.0 Å². The molecule has 2 aromatic carbocycles. The molecule has 0 saturated carbocycles. The zero-order valence-electron chi connectivity index (χ0n) is 15.8. The number of hydrogen-bond acceptors (Lipinski definition) is 4. The van der Waals surface area contributed by atoms with Gasteiger partial charge in [0.1, 0.15) is 11.6 Å². The molecule has 1 N–H and O–H groups in total. The quantitative estimate of drug-likeness (QED) is 0.766. The molecule has 1 amide bonds. The number of ether oxygens (including phenoxy) is 2. The molecular formula is C21H24ClFN2O3. The molecule has 150 valence electrons. The smallest absolute Gasteiger partial charge is 0.258 e. The molecule has 0 aromatic heterocycles. The summed E-state index contributed by atoms with van der Waals surface area (Å²) in [4.78, 5) is 14.5. The maximum Gasteiger partial charge on any atom is 0.258 e. The van der Waals surface area contributed by atoms with Gasteiger partial charge in [-0.05, 0) is 48.4 Å². The Labute approximate surface area is 169 Å². The number of carbonyl (C=O) groups is 1. The Morgan fingerprint density at radius 3 is 2.64 bits per heavy atom. The van der Waals surface area contributed by atoms with Crippen molar-refractivity contribution in [3.63, 3.8) is 0 Å². The van der Waals surface area contributed by atoms with Gasteiger partial charge < -0.3 is 14.8 Å². The Kier molecular flexibility index (Phi) is 7.25. The summed E-state index contributed by atoms with van der Waals surface area (Å²) >= 11 is 6.00. The first-order valence-electron chi connectivity index (χ1n) is 9.26. The predicted octanol–water partition coefficient (Wildman–Crippen LogP) is 3.36. The van der Waals surface area contributed by atoms with Crippen LogP contribution < -0.4 is 10.1 Å². The Hall–Kier alpha value is -2.15. The predicted molar refractivity (Wildman–Crippen MR) is 106 cm³/mol. The number of hydrogen-bond donors (Lipinski definition) is 1. The number of benzene rings is 2. The number of amides is 1. The Bertz CT molecular complexity index is 795. The van der Waals surface area contributed by atoms with E-state index in [0.717, 1.165) is 24.2 Å². The van der Waals surface area contributed by atoms with Gasteiger partial charge in [-0.15, -0.1) is 0 Å². The second-order valence-corrected chi connectivity index (χ2v) is 7.13. The summed E-state index contributed by atoms with van der Waals surface area (Å²) < 4.78 is 24.3. The molecule has 2 aromatic rings. The van der Waals surface area contributed by atoms with E-state index < -0.39 is 0 Å². The molecule has 3 rings (SSSR count). The van der Waals surface area contributed by atoms with Crippen molar-refractivity contribution in [2.75, 3.05) is 39.5 Å². The van der Waals surface area contributed by atoms with E-state index in [0.29, 0.717) is 30.5 Å². The van der Waals surface area contributed by atoms with Crippen molar-refractivity contribution in [3.8, 4) is 5.75 Å². The molecule has 0 aliphatic carbocycles. The van der Waals surface area contributed by atoms with E-state index in [1.807, 2.05) is 6.92 Å². The van der Waals surface area contributed by atoms with Gasteiger partial charge in [0.25, 0.3) is 5.91 Å². The van der Waals surface area contributed by atoms with Crippen LogP contribution in [0.3, 0.4) is 0 Å². The maximum atomic E-state index is 13.3. The molecule has 0 radical (unpaired) electrons. The lowest BCUT2D eigenvalue weighted by Gasteiger charge is -2.35. The van der Waals surface area contributed by atoms with E-state index in [4.69, 9.17) is 21.1 Å². The van der Waals surface area contributed by atoms with Gasteiger partial charge in [0.2, 0.25) is 0 Å². The molecule has 0 unspecified atom stereocenters. The minimum absolute atomic E-state index is 0.0498. The van der Waals surface area contributed by atoms with Crippen LogP contribution in [0.15, 0.2) is 42.5 Å². The lowest BCUT2D eigenvalue weighted by atomic mass is 10.0. The largest absolute Gasteiger partial charge is 0.484 e. The van der Waals surface area contributed by atoms with E-state index in [9.17, 15) is 9.18 Å². The van der Waals surface area contributed by atoms with Crippen molar-refractivity contribution in [1.29, 1.82) is 0 Å². The summed E-state index contributed by atoms with van der Waals surface area (Å²) in [5, 5.41) is 3.58. The average molecular weight is 407 g/mol. The van der Waals surface area contributed by atoms with E-state index >= 15 is 0 Å². The maximum absolute atomic E-state index is 13.3. The number of carbonyl (C=O) groups excluding carboxylic acids is 1. The van der Waals surface area contributed by atoms with E-state index in [2.05, 4.69) is 10.2 Å². The van der Waals surface area contributed by atoms with Gasteiger partial charge in [0.15, 0.2) is 6.61 Å². The number of rotatable bonds is 7. The Balaban J connectivity index is 1.58. The minimum Gasteiger partial charge on any atom is -0.484 e. The molecule has 0 bridgehead atoms. The highest BCUT2D eigenvalue weighted by Gasteiger charge is 2.23. The highest BCUT2D eigenvalue weighted by atomic mass is 35.5. The first-order valence-corrected chi connectivity index (χ1v) is 9.63. The van der Waals surface area contributed by atoms with Gasteiger partial charge in [-0.1, -0.05) is 23.7 Å². The summed E-state index contributed by atoms with van der Waals surface area (Å²) in [5.74, 6) is 0.105. The monoisotopic (exact) mass is 406 g/mol. The first kappa shape index (κ1) is 20.6. The average Bonchev–Trinajstić information content (AvgIpc) is 2.71. The third-order valence-corrected chi connectivity index (χ3v) is 5.16. The minimum atomic E-state index is -0.278. The number of morpholine rings is 1. The van der Waals surface area contributed by atoms with Crippen LogP contribution in [-0.2, 0) is 9.53 Å². The molecule has 28 heavy (non-hydrogen) atoms. The van der Waals surface area contributed by atoms with Gasteiger partial charge in [-0.3, -0.25) is 9.69 Å². The fourth-order valence-corrected chi connectivity index (χ4v) is 3.27. The van der Waals surface area contributed by atoms with Crippen molar-refractivity contribution in [1.82, 2.24) is 10.2 Å². The molecule has 7 heteroatoms. The van der Waals surface area contributed by atoms with Crippen LogP contribution in [0, 0.1) is 12.7 Å². The standard InChI is InChI=1S/C21H24ClFN2O3/c1-15-12-18(6-7-19(15)22)28-14-21(26)24-13-20(25-8-10-27-11-9-25)16-2-4-17(23)5-3-16/h2-7,12,20H,8-11,13-14H2,1H3,(H,24,26)/t20-/m0/s1. The van der Waals surface area contributed by atoms with Crippen LogP contribution in [0.1, 0.15) is 17.2 Å². The second kappa shape index (κ2) is 9.87. The lowest BCUT2D eigenvalue weighted by molar-refractivity contribution is -0.123. The molecule has 1 atom stereocenters. The zero-order chi connectivity index (χ0) is 19.9. The molecule has 1 saturated heterocycles. The molecular weight excluding hydrogens is 383 g/mol. The molecule has 1 aliphatic rings. The fourth-order valence-electron chi connectivity index (χ4n) is 3.15. The fraction of sp³-hybridized carbons (Fsp3) is 0.381. The van der Waals surface area contributed by atoms with Crippen LogP contribution in [0.25, 0.3) is 0 Å². The van der Waals surface area contributed by atoms with Crippen LogP contribution in [0.2, 0.25) is 5.02 Å². The van der Waals surface area contributed by atoms with E-state index in [1.54, 1.807) is 30.3 Å². The SMILES string of the molecule is Cc1cc(OCC(=O)NC[C@@H](c2ccc(F)cc2)N2CCOCC2)ccc1Cl. The number of aryl methyl sites for hydroxylation is 1. The topological polar surface area (TPSA) is 50.8 Å². The molecule has 1 aliphatic heterocycles. The highest BCUT2D eigenvalue weighted by molar-refractivity contribution is 6.31. The van der Waals surface area contributed by atoms with Gasteiger partial charge in [0.05, 0.1) is 19.3 Å². The van der Waals surface area contributed by atoms with Crippen molar-refractivity contribution >= 4 is 17.5 Å². The number of nitrogens with one attached hydrogen (secondary N) is 1. The summed E-state index contributed by atoms with van der Waals surface area (Å²) in [6.07, 6.45) is 0. The van der Waals surface area contributed by atoms with Crippen molar-refractivity contribution < 1.29 is 18.7 Å². The van der Waals surface area contributed by atoms with E-state index in [-0.39, 0.29) is 24.4 Å². The summed E-state index contributed by atoms with van der Waals surface area (Å²) in [6.45, 7) is 5.02. The third-order valence-electron chi connectivity index (χ3n) is 4.73. The zero-order valence-corrected chi connectivity index (χ0v) is 16.5. The first-order chi connectivity index (χ1) is 13.5. The summed E-state index contributed by atoms with van der Waals surface area (Å²) in [7, 11) is 0. The van der Waals surface area contributed by atoms with Gasteiger partial charge >= 0.3 is 0 Å². The molecule has 1 heterocycles. The third kappa shape index (κ3) is 5.67. The number of halogens is 2. The summed E-state index contributed by atoms with van der Waals surface area (Å²) in [6, 6.07) is 11.6. The molecule has 0 spiro atoms. The van der Waals surface area contributed by atoms with Crippen LogP contribution in [-0.4, -0.2) is 50.3 Å². The Morgan fingerprint density at radius 2 is 1.96 bits per heavy atom. The molecule has 5 nitrogen and oxygen atoms in total. The van der Waals surface area contributed by atoms with Crippen molar-refractivity contribution in [3.05, 3.63) is 64.4 Å². The van der Waals surface area contributed by atoms with Crippen LogP contribution in [0.4, 0.5) is 4.39 Å². The van der Waals surface area contributed by atoms with E-state index in [1.165, 1.54) is 12.1 Å². The summed E-state index contributed by atoms with van der Waals surface area (Å²) in [5.41, 5.74) is 1.85.